The Morgan fingerprint density at radius 1 is 1.60 bits per heavy atom. The molecule has 1 aromatic carbocycles. The Bertz CT molecular complexity index is 388. The highest BCUT2D eigenvalue weighted by Gasteiger charge is 2.05. The zero-order valence-electron chi connectivity index (χ0n) is 8.30. The highest BCUT2D eigenvalue weighted by atomic mass is 16.5. The van der Waals surface area contributed by atoms with Gasteiger partial charge in [-0.15, -0.1) is 0 Å². The minimum Gasteiger partial charge on any atom is -0.469 e. The van der Waals surface area contributed by atoms with Crippen molar-refractivity contribution in [1.29, 1.82) is 0 Å². The quantitative estimate of drug-likeness (QED) is 0.249. The van der Waals surface area contributed by atoms with E-state index < -0.39 is 0 Å². The van der Waals surface area contributed by atoms with Gasteiger partial charge in [0.05, 0.1) is 13.5 Å². The lowest BCUT2D eigenvalue weighted by molar-refractivity contribution is -0.139. The van der Waals surface area contributed by atoms with Crippen molar-refractivity contribution < 1.29 is 14.7 Å². The van der Waals surface area contributed by atoms with Gasteiger partial charge in [-0.1, -0.05) is 23.4 Å². The number of oxime groups is 1. The highest BCUT2D eigenvalue weighted by Crippen LogP contribution is 2.06. The summed E-state index contributed by atoms with van der Waals surface area (Å²) >= 11 is 0. The molecule has 0 amide bonds. The van der Waals surface area contributed by atoms with Gasteiger partial charge in [-0.25, -0.2) is 0 Å². The van der Waals surface area contributed by atoms with Crippen LogP contribution in [0.4, 0.5) is 0 Å². The van der Waals surface area contributed by atoms with Gasteiger partial charge in [0.1, 0.15) is 0 Å². The predicted molar refractivity (Wildman–Crippen MR) is 54.7 cm³/mol. The van der Waals surface area contributed by atoms with Crippen LogP contribution in [0.1, 0.15) is 11.1 Å². The van der Waals surface area contributed by atoms with E-state index in [0.717, 1.165) is 5.56 Å². The van der Waals surface area contributed by atoms with Gasteiger partial charge < -0.3 is 15.7 Å². The zero-order chi connectivity index (χ0) is 11.3. The average Bonchev–Trinajstić information content (AvgIpc) is 2.28. The van der Waals surface area contributed by atoms with E-state index in [-0.39, 0.29) is 18.2 Å². The van der Waals surface area contributed by atoms with E-state index in [1.54, 1.807) is 24.3 Å². The fourth-order valence-corrected chi connectivity index (χ4v) is 1.14. The van der Waals surface area contributed by atoms with Gasteiger partial charge in [-0.3, -0.25) is 4.79 Å². The molecule has 0 spiro atoms. The van der Waals surface area contributed by atoms with Gasteiger partial charge in [0.2, 0.25) is 0 Å². The molecule has 5 nitrogen and oxygen atoms in total. The van der Waals surface area contributed by atoms with Crippen molar-refractivity contribution in [2.45, 2.75) is 6.42 Å². The van der Waals surface area contributed by atoms with Gasteiger partial charge in [0.25, 0.3) is 0 Å². The minimum atomic E-state index is -0.327. The lowest BCUT2D eigenvalue weighted by Crippen LogP contribution is -2.13. The maximum atomic E-state index is 11.0. The van der Waals surface area contributed by atoms with Crippen molar-refractivity contribution >= 4 is 11.8 Å². The maximum Gasteiger partial charge on any atom is 0.309 e. The molecule has 80 valence electrons. The van der Waals surface area contributed by atoms with E-state index >= 15 is 0 Å². The Balaban J connectivity index is 2.88. The first-order chi connectivity index (χ1) is 7.17. The highest BCUT2D eigenvalue weighted by molar-refractivity contribution is 5.97. The number of rotatable bonds is 3. The number of amidine groups is 1. The monoisotopic (exact) mass is 208 g/mol. The minimum absolute atomic E-state index is 0.0155. The number of nitrogens with zero attached hydrogens (tertiary/aromatic N) is 1. The summed E-state index contributed by atoms with van der Waals surface area (Å²) in [6.07, 6.45) is 0.170. The second-order valence-electron chi connectivity index (χ2n) is 2.94. The largest absolute Gasteiger partial charge is 0.469 e. The average molecular weight is 208 g/mol. The summed E-state index contributed by atoms with van der Waals surface area (Å²) in [5.41, 5.74) is 6.73. The fourth-order valence-electron chi connectivity index (χ4n) is 1.14. The van der Waals surface area contributed by atoms with E-state index in [1.165, 1.54) is 7.11 Å². The first kappa shape index (κ1) is 11.0. The third kappa shape index (κ3) is 2.98. The van der Waals surface area contributed by atoms with E-state index in [4.69, 9.17) is 10.9 Å². The zero-order valence-corrected chi connectivity index (χ0v) is 8.30. The smallest absolute Gasteiger partial charge is 0.309 e. The number of hydrogen-bond acceptors (Lipinski definition) is 4. The molecule has 1 aromatic rings. The molecule has 0 aliphatic heterocycles. The molecule has 0 saturated carbocycles. The molecule has 15 heavy (non-hydrogen) atoms. The number of methoxy groups -OCH3 is 1. The van der Waals surface area contributed by atoms with Crippen molar-refractivity contribution in [2.24, 2.45) is 10.9 Å². The molecule has 0 aliphatic rings. The summed E-state index contributed by atoms with van der Waals surface area (Å²) in [6, 6.07) is 6.86. The van der Waals surface area contributed by atoms with Crippen molar-refractivity contribution in [1.82, 2.24) is 0 Å². The lowest BCUT2D eigenvalue weighted by atomic mass is 10.1. The molecule has 0 fully saturated rings. The second-order valence-corrected chi connectivity index (χ2v) is 2.94. The van der Waals surface area contributed by atoms with Crippen molar-refractivity contribution in [2.75, 3.05) is 7.11 Å². The van der Waals surface area contributed by atoms with Crippen LogP contribution in [-0.4, -0.2) is 24.1 Å². The standard InChI is InChI=1S/C10H12N2O3/c1-15-9(13)6-7-3-2-4-8(5-7)10(11)12-14/h2-5,14H,6H2,1H3,(H2,11,12). The molecule has 0 unspecified atom stereocenters. The molecule has 1 rings (SSSR count). The van der Waals surface area contributed by atoms with Crippen molar-refractivity contribution in [3.05, 3.63) is 35.4 Å². The van der Waals surface area contributed by atoms with Crippen LogP contribution < -0.4 is 5.73 Å². The van der Waals surface area contributed by atoms with Crippen LogP contribution in [0.25, 0.3) is 0 Å². The summed E-state index contributed by atoms with van der Waals surface area (Å²) in [7, 11) is 1.33. The Labute approximate surface area is 87.1 Å². The first-order valence-electron chi connectivity index (χ1n) is 4.31. The van der Waals surface area contributed by atoms with E-state index in [9.17, 15) is 4.79 Å². The molecule has 5 heteroatoms. The van der Waals surface area contributed by atoms with Gasteiger partial charge in [-0.05, 0) is 11.6 Å². The Hall–Kier alpha value is -2.04. The number of ether oxygens (including phenoxy) is 1. The Morgan fingerprint density at radius 3 is 2.93 bits per heavy atom. The van der Waals surface area contributed by atoms with Crippen LogP contribution in [0.2, 0.25) is 0 Å². The molecule has 0 radical (unpaired) electrons. The third-order valence-electron chi connectivity index (χ3n) is 1.91. The Morgan fingerprint density at radius 2 is 2.33 bits per heavy atom. The molecule has 0 heterocycles. The molecule has 0 aliphatic carbocycles. The maximum absolute atomic E-state index is 11.0. The first-order valence-corrected chi connectivity index (χ1v) is 4.31. The fraction of sp³-hybridized carbons (Fsp3) is 0.200. The van der Waals surface area contributed by atoms with Crippen LogP contribution in [0, 0.1) is 0 Å². The second kappa shape index (κ2) is 4.99. The van der Waals surface area contributed by atoms with Gasteiger partial charge >= 0.3 is 5.97 Å². The topological polar surface area (TPSA) is 84.9 Å². The van der Waals surface area contributed by atoms with Crippen LogP contribution in [-0.2, 0) is 16.0 Å². The summed E-state index contributed by atoms with van der Waals surface area (Å²) in [6.45, 7) is 0. The van der Waals surface area contributed by atoms with Crippen LogP contribution in [0.3, 0.4) is 0 Å². The number of carbonyl (C=O) groups excluding carboxylic acids is 1. The molecular weight excluding hydrogens is 196 g/mol. The van der Waals surface area contributed by atoms with E-state index in [2.05, 4.69) is 9.89 Å². The molecule has 0 aromatic heterocycles. The molecule has 0 atom stereocenters. The van der Waals surface area contributed by atoms with Crippen molar-refractivity contribution in [3.8, 4) is 0 Å². The lowest BCUT2D eigenvalue weighted by Gasteiger charge is -2.02. The summed E-state index contributed by atoms with van der Waals surface area (Å²) in [5.74, 6) is -0.312. The van der Waals surface area contributed by atoms with E-state index in [0.29, 0.717) is 5.56 Å². The molecule has 0 saturated heterocycles. The van der Waals surface area contributed by atoms with Crippen LogP contribution in [0.15, 0.2) is 29.4 Å². The van der Waals surface area contributed by atoms with E-state index in [1.807, 2.05) is 0 Å². The van der Waals surface area contributed by atoms with Gasteiger partial charge in [0.15, 0.2) is 5.84 Å². The number of esters is 1. The van der Waals surface area contributed by atoms with Crippen LogP contribution in [0.5, 0.6) is 0 Å². The summed E-state index contributed by atoms with van der Waals surface area (Å²) in [4.78, 5) is 11.0. The molecule has 3 N–H and O–H groups in total. The number of benzene rings is 1. The van der Waals surface area contributed by atoms with Gasteiger partial charge in [0, 0.05) is 5.56 Å². The molecule has 0 bridgehead atoms. The van der Waals surface area contributed by atoms with Crippen molar-refractivity contribution in [3.63, 3.8) is 0 Å². The molecular formula is C10H12N2O3. The van der Waals surface area contributed by atoms with Crippen LogP contribution >= 0.6 is 0 Å². The normalized spacial score (nSPS) is 11.1. The number of carbonyl (C=O) groups is 1. The SMILES string of the molecule is COC(=O)Cc1cccc(/C(N)=N/O)c1. The summed E-state index contributed by atoms with van der Waals surface area (Å²) in [5, 5.41) is 11.4. The number of hydrogen-bond donors (Lipinski definition) is 2. The van der Waals surface area contributed by atoms with Gasteiger partial charge in [-0.2, -0.15) is 0 Å². The number of nitrogens with two attached hydrogens (primary N) is 1. The summed E-state index contributed by atoms with van der Waals surface area (Å²) < 4.78 is 4.53. The third-order valence-corrected chi connectivity index (χ3v) is 1.91. The Kier molecular flexibility index (Phi) is 3.68. The predicted octanol–water partition coefficient (Wildman–Crippen LogP) is 0.497.